The van der Waals surface area contributed by atoms with Gasteiger partial charge in [-0.3, -0.25) is 14.9 Å². The van der Waals surface area contributed by atoms with Gasteiger partial charge in [0.1, 0.15) is 0 Å². The number of nitrogens with one attached hydrogen (secondary N) is 1. The third-order valence-corrected chi connectivity index (χ3v) is 3.77. The van der Waals surface area contributed by atoms with E-state index in [9.17, 15) is 14.9 Å². The highest BCUT2D eigenvalue weighted by Crippen LogP contribution is 2.22. The lowest BCUT2D eigenvalue weighted by molar-refractivity contribution is -0.384. The second-order valence-corrected chi connectivity index (χ2v) is 5.58. The van der Waals surface area contributed by atoms with E-state index < -0.39 is 4.92 Å². The molecule has 0 aromatic heterocycles. The van der Waals surface area contributed by atoms with Crippen molar-refractivity contribution in [1.82, 2.24) is 0 Å². The zero-order chi connectivity index (χ0) is 15.2. The van der Waals surface area contributed by atoms with Gasteiger partial charge in [-0.05, 0) is 30.3 Å². The molecule has 108 valence electrons. The molecule has 0 atom stereocenters. The van der Waals surface area contributed by atoms with E-state index in [-0.39, 0.29) is 17.3 Å². The number of nitrogens with zero attached hydrogens (tertiary/aromatic N) is 1. The van der Waals surface area contributed by atoms with Crippen LogP contribution in [-0.2, 0) is 4.79 Å². The lowest BCUT2D eigenvalue weighted by Crippen LogP contribution is -2.13. The summed E-state index contributed by atoms with van der Waals surface area (Å²) >= 11 is 7.13. The van der Waals surface area contributed by atoms with Crippen LogP contribution in [0.2, 0.25) is 5.02 Å². The Labute approximate surface area is 130 Å². The number of nitro benzene ring substituents is 1. The fourth-order valence-corrected chi connectivity index (χ4v) is 2.47. The molecule has 0 aliphatic carbocycles. The summed E-state index contributed by atoms with van der Waals surface area (Å²) in [5.41, 5.74) is 0.666. The molecule has 0 aliphatic heterocycles. The number of halogens is 1. The number of nitro groups is 1. The number of non-ortho nitro benzene ring substituents is 1. The molecule has 0 spiro atoms. The van der Waals surface area contributed by atoms with E-state index in [0.717, 1.165) is 4.90 Å². The highest BCUT2D eigenvalue weighted by Gasteiger charge is 2.07. The van der Waals surface area contributed by atoms with Crippen molar-refractivity contribution in [3.63, 3.8) is 0 Å². The van der Waals surface area contributed by atoms with Gasteiger partial charge < -0.3 is 5.32 Å². The summed E-state index contributed by atoms with van der Waals surface area (Å²) in [5, 5.41) is 13.8. The molecule has 7 heteroatoms. The maximum absolute atomic E-state index is 11.8. The van der Waals surface area contributed by atoms with Crippen molar-refractivity contribution in [3.8, 4) is 0 Å². The van der Waals surface area contributed by atoms with E-state index in [1.54, 1.807) is 36.4 Å². The van der Waals surface area contributed by atoms with Crippen molar-refractivity contribution >= 4 is 40.6 Å². The van der Waals surface area contributed by atoms with Crippen LogP contribution in [-0.4, -0.2) is 16.6 Å². The van der Waals surface area contributed by atoms with Gasteiger partial charge in [-0.15, -0.1) is 11.8 Å². The third-order valence-electron chi connectivity index (χ3n) is 2.53. The van der Waals surface area contributed by atoms with E-state index in [4.69, 9.17) is 11.6 Å². The van der Waals surface area contributed by atoms with Crippen LogP contribution < -0.4 is 5.32 Å². The summed E-state index contributed by atoms with van der Waals surface area (Å²) in [5.74, 6) is 0.0465. The van der Waals surface area contributed by atoms with Gasteiger partial charge in [-0.2, -0.15) is 0 Å². The second kappa shape index (κ2) is 7.10. The Balaban J connectivity index is 1.87. The smallest absolute Gasteiger partial charge is 0.269 e. The maximum Gasteiger partial charge on any atom is 0.269 e. The average molecular weight is 323 g/mol. The van der Waals surface area contributed by atoms with Crippen LogP contribution in [0.15, 0.2) is 53.4 Å². The Kier molecular flexibility index (Phi) is 5.19. The molecule has 0 radical (unpaired) electrons. The molecule has 0 heterocycles. The van der Waals surface area contributed by atoms with Gasteiger partial charge >= 0.3 is 0 Å². The monoisotopic (exact) mass is 322 g/mol. The van der Waals surface area contributed by atoms with Crippen LogP contribution in [0.1, 0.15) is 0 Å². The van der Waals surface area contributed by atoms with Crippen molar-refractivity contribution in [2.24, 2.45) is 0 Å². The summed E-state index contributed by atoms with van der Waals surface area (Å²) in [6.45, 7) is 0. The largest absolute Gasteiger partial charge is 0.325 e. The summed E-state index contributed by atoms with van der Waals surface area (Å²) < 4.78 is 0. The molecular formula is C14H11ClN2O3S. The first-order valence-electron chi connectivity index (χ1n) is 5.97. The van der Waals surface area contributed by atoms with Crippen LogP contribution in [0, 0.1) is 10.1 Å². The Hall–Kier alpha value is -2.05. The molecule has 0 bridgehead atoms. The Bertz CT molecular complexity index is 662. The minimum Gasteiger partial charge on any atom is -0.325 e. The highest BCUT2D eigenvalue weighted by atomic mass is 35.5. The Morgan fingerprint density at radius 1 is 1.24 bits per heavy atom. The number of rotatable bonds is 5. The lowest BCUT2D eigenvalue weighted by Gasteiger charge is -2.05. The minimum atomic E-state index is -0.458. The fraction of sp³-hybridized carbons (Fsp3) is 0.0714. The number of hydrogen-bond donors (Lipinski definition) is 1. The third kappa shape index (κ3) is 4.77. The van der Waals surface area contributed by atoms with E-state index >= 15 is 0 Å². The van der Waals surface area contributed by atoms with Crippen LogP contribution in [0.4, 0.5) is 11.4 Å². The Morgan fingerprint density at radius 2 is 1.95 bits per heavy atom. The second-order valence-electron chi connectivity index (χ2n) is 4.10. The van der Waals surface area contributed by atoms with Gasteiger partial charge in [0.15, 0.2) is 0 Å². The van der Waals surface area contributed by atoms with Gasteiger partial charge in [0.05, 0.1) is 10.7 Å². The number of anilines is 1. The lowest BCUT2D eigenvalue weighted by atomic mass is 10.3. The number of benzene rings is 2. The molecule has 21 heavy (non-hydrogen) atoms. The zero-order valence-electron chi connectivity index (χ0n) is 10.8. The summed E-state index contributed by atoms with van der Waals surface area (Å²) in [7, 11) is 0. The van der Waals surface area contributed by atoms with Crippen LogP contribution in [0.25, 0.3) is 0 Å². The Morgan fingerprint density at radius 3 is 2.57 bits per heavy atom. The number of amides is 1. The van der Waals surface area contributed by atoms with Gasteiger partial charge in [-0.1, -0.05) is 17.7 Å². The summed E-state index contributed by atoms with van der Waals surface area (Å²) in [6.07, 6.45) is 0. The van der Waals surface area contributed by atoms with Crippen molar-refractivity contribution in [2.45, 2.75) is 4.90 Å². The first-order chi connectivity index (χ1) is 10.0. The standard InChI is InChI=1S/C14H11ClN2O3S/c15-10-2-1-3-11(8-10)16-14(18)9-21-13-6-4-12(5-7-13)17(19)20/h1-8H,9H2,(H,16,18). The molecule has 5 nitrogen and oxygen atoms in total. The van der Waals surface area contributed by atoms with E-state index in [1.807, 2.05) is 0 Å². The molecule has 2 rings (SSSR count). The first kappa shape index (κ1) is 15.3. The molecule has 1 N–H and O–H groups in total. The normalized spacial score (nSPS) is 10.1. The van der Waals surface area contributed by atoms with Crippen LogP contribution in [0.5, 0.6) is 0 Å². The first-order valence-corrected chi connectivity index (χ1v) is 7.33. The van der Waals surface area contributed by atoms with Gasteiger partial charge in [0.25, 0.3) is 5.69 Å². The molecular weight excluding hydrogens is 312 g/mol. The van der Waals surface area contributed by atoms with Crippen molar-refractivity contribution in [3.05, 3.63) is 63.7 Å². The van der Waals surface area contributed by atoms with Gasteiger partial charge in [-0.25, -0.2) is 0 Å². The molecule has 0 fully saturated rings. The van der Waals surface area contributed by atoms with Gasteiger partial charge in [0, 0.05) is 27.7 Å². The average Bonchev–Trinajstić information content (AvgIpc) is 2.45. The maximum atomic E-state index is 11.8. The SMILES string of the molecule is O=C(CSc1ccc([N+](=O)[O-])cc1)Nc1cccc(Cl)c1. The molecule has 0 unspecified atom stereocenters. The highest BCUT2D eigenvalue weighted by molar-refractivity contribution is 8.00. The number of thioether (sulfide) groups is 1. The zero-order valence-corrected chi connectivity index (χ0v) is 12.4. The number of hydrogen-bond acceptors (Lipinski definition) is 4. The van der Waals surface area contributed by atoms with Crippen molar-refractivity contribution in [2.75, 3.05) is 11.1 Å². The van der Waals surface area contributed by atoms with Crippen molar-refractivity contribution in [1.29, 1.82) is 0 Å². The molecule has 0 saturated carbocycles. The van der Waals surface area contributed by atoms with E-state index in [2.05, 4.69) is 5.32 Å². The molecule has 1 amide bonds. The van der Waals surface area contributed by atoms with Crippen molar-refractivity contribution < 1.29 is 9.72 Å². The van der Waals surface area contributed by atoms with E-state index in [0.29, 0.717) is 10.7 Å². The molecule has 0 aliphatic rings. The van der Waals surface area contributed by atoms with E-state index in [1.165, 1.54) is 23.9 Å². The minimum absolute atomic E-state index is 0.0303. The summed E-state index contributed by atoms with van der Waals surface area (Å²) in [4.78, 5) is 22.7. The summed E-state index contributed by atoms with van der Waals surface area (Å²) in [6, 6.07) is 13.0. The molecule has 0 saturated heterocycles. The predicted molar refractivity (Wildman–Crippen MR) is 83.9 cm³/mol. The molecule has 2 aromatic rings. The van der Waals surface area contributed by atoms with Crippen LogP contribution in [0.3, 0.4) is 0 Å². The number of carbonyl (C=O) groups is 1. The quantitative estimate of drug-likeness (QED) is 0.513. The fourth-order valence-electron chi connectivity index (χ4n) is 1.58. The predicted octanol–water partition coefficient (Wildman–Crippen LogP) is 3.98. The van der Waals surface area contributed by atoms with Crippen LogP contribution >= 0.6 is 23.4 Å². The molecule has 2 aromatic carbocycles. The van der Waals surface area contributed by atoms with Gasteiger partial charge in [0.2, 0.25) is 5.91 Å². The number of carbonyl (C=O) groups excluding carboxylic acids is 1. The topological polar surface area (TPSA) is 72.2 Å².